The number of carbonyl (C=O) groups excluding carboxylic acids is 3. The van der Waals surface area contributed by atoms with Gasteiger partial charge in [-0.1, -0.05) is 60.7 Å². The summed E-state index contributed by atoms with van der Waals surface area (Å²) in [5.74, 6) is -1.79. The molecule has 8 nitrogen and oxygen atoms in total. The molecule has 0 aliphatic heterocycles. The van der Waals surface area contributed by atoms with Crippen LogP contribution in [-0.2, 0) is 22.4 Å². The summed E-state index contributed by atoms with van der Waals surface area (Å²) in [6.07, 6.45) is 2.45. The zero-order valence-corrected chi connectivity index (χ0v) is 27.2. The number of esters is 1. The van der Waals surface area contributed by atoms with Crippen LogP contribution in [0.2, 0.25) is 0 Å². The van der Waals surface area contributed by atoms with Crippen molar-refractivity contribution in [3.63, 3.8) is 0 Å². The number of carboxylic acid groups (broad SMARTS) is 1. The van der Waals surface area contributed by atoms with Crippen LogP contribution >= 0.6 is 23.1 Å². The van der Waals surface area contributed by atoms with Crippen molar-refractivity contribution >= 4 is 68.3 Å². The zero-order valence-electron chi connectivity index (χ0n) is 25.6. The molecule has 2 amide bonds. The summed E-state index contributed by atoms with van der Waals surface area (Å²) in [5, 5.41) is 17.1. The summed E-state index contributed by atoms with van der Waals surface area (Å²) < 4.78 is 5.38. The van der Waals surface area contributed by atoms with Crippen LogP contribution < -0.4 is 10.6 Å². The highest BCUT2D eigenvalue weighted by Crippen LogP contribution is 2.43. The van der Waals surface area contributed by atoms with Crippen LogP contribution in [0.3, 0.4) is 0 Å². The van der Waals surface area contributed by atoms with E-state index in [1.807, 2.05) is 24.3 Å². The number of rotatable bonds is 10. The molecule has 0 radical (unpaired) electrons. The predicted molar refractivity (Wildman–Crippen MR) is 186 cm³/mol. The third-order valence-corrected chi connectivity index (χ3v) is 10.3. The van der Waals surface area contributed by atoms with E-state index in [1.165, 1.54) is 34.7 Å². The second-order valence-electron chi connectivity index (χ2n) is 11.1. The highest BCUT2D eigenvalue weighted by molar-refractivity contribution is 8.00. The SMILES string of the molecule is CCOC(=O)c1c(NC(=O)CSc2cccc(NC(=O)c3cccc4cccc(C(=O)O)c34)c2)sc2c1CCC(c1ccccc1)C2. The van der Waals surface area contributed by atoms with E-state index >= 15 is 0 Å². The summed E-state index contributed by atoms with van der Waals surface area (Å²) in [6, 6.07) is 27.4. The number of anilines is 2. The molecular weight excluding hydrogens is 633 g/mol. The average Bonchev–Trinajstić information content (AvgIpc) is 3.44. The number of hydrogen-bond acceptors (Lipinski definition) is 7. The van der Waals surface area contributed by atoms with Gasteiger partial charge in [-0.15, -0.1) is 23.1 Å². The summed E-state index contributed by atoms with van der Waals surface area (Å²) >= 11 is 2.75. The van der Waals surface area contributed by atoms with Crippen LogP contribution in [0.15, 0.2) is 95.9 Å². The van der Waals surface area contributed by atoms with Crippen LogP contribution in [0.1, 0.15) is 66.3 Å². The van der Waals surface area contributed by atoms with E-state index in [1.54, 1.807) is 55.5 Å². The first-order chi connectivity index (χ1) is 22.8. The third kappa shape index (κ3) is 7.08. The molecular formula is C37H32N2O6S2. The van der Waals surface area contributed by atoms with Crippen LogP contribution in [0, 0.1) is 0 Å². The van der Waals surface area contributed by atoms with Gasteiger partial charge < -0.3 is 20.5 Å². The highest BCUT2D eigenvalue weighted by atomic mass is 32.2. The number of amides is 2. The number of aromatic carboxylic acids is 1. The Morgan fingerprint density at radius 1 is 0.915 bits per heavy atom. The second-order valence-corrected chi connectivity index (χ2v) is 13.3. The predicted octanol–water partition coefficient (Wildman–Crippen LogP) is 8.03. The molecule has 1 aliphatic carbocycles. The van der Waals surface area contributed by atoms with Crippen LogP contribution in [-0.4, -0.2) is 41.2 Å². The first kappa shape index (κ1) is 32.0. The van der Waals surface area contributed by atoms with E-state index in [4.69, 9.17) is 4.74 Å². The van der Waals surface area contributed by atoms with Gasteiger partial charge in [0.2, 0.25) is 5.91 Å². The van der Waals surface area contributed by atoms with E-state index in [9.17, 15) is 24.3 Å². The van der Waals surface area contributed by atoms with E-state index in [-0.39, 0.29) is 29.4 Å². The van der Waals surface area contributed by atoms with Gasteiger partial charge in [0.25, 0.3) is 5.91 Å². The maximum absolute atomic E-state index is 13.3. The topological polar surface area (TPSA) is 122 Å². The fraction of sp³-hybridized carbons (Fsp3) is 0.189. The lowest BCUT2D eigenvalue weighted by Gasteiger charge is -2.23. The molecule has 0 fully saturated rings. The molecule has 5 aromatic rings. The molecule has 1 heterocycles. The van der Waals surface area contributed by atoms with Gasteiger partial charge in [0, 0.05) is 26.4 Å². The maximum Gasteiger partial charge on any atom is 0.341 e. The van der Waals surface area contributed by atoms with Gasteiger partial charge in [0.1, 0.15) is 5.00 Å². The Kier molecular flexibility index (Phi) is 9.70. The lowest BCUT2D eigenvalue weighted by atomic mass is 9.83. The lowest BCUT2D eigenvalue weighted by Crippen LogP contribution is -2.18. The molecule has 6 rings (SSSR count). The molecule has 0 spiro atoms. The number of nitrogens with one attached hydrogen (secondary N) is 2. The van der Waals surface area contributed by atoms with Crippen molar-refractivity contribution in [3.05, 3.63) is 124 Å². The number of thioether (sulfide) groups is 1. The number of fused-ring (bicyclic) bond motifs is 2. The number of carboxylic acids is 1. The van der Waals surface area contributed by atoms with Crippen LogP contribution in [0.5, 0.6) is 0 Å². The Morgan fingerprint density at radius 3 is 2.40 bits per heavy atom. The van der Waals surface area contributed by atoms with E-state index in [0.29, 0.717) is 32.9 Å². The summed E-state index contributed by atoms with van der Waals surface area (Å²) in [5.41, 5.74) is 3.51. The quantitative estimate of drug-likeness (QED) is 0.102. The molecule has 0 saturated heterocycles. The van der Waals surface area contributed by atoms with Gasteiger partial charge in [0.05, 0.1) is 23.5 Å². The highest BCUT2D eigenvalue weighted by Gasteiger charge is 2.31. The fourth-order valence-corrected chi connectivity index (χ4v) is 8.07. The molecule has 0 bridgehead atoms. The molecule has 238 valence electrons. The Bertz CT molecular complexity index is 1980. The van der Waals surface area contributed by atoms with Gasteiger partial charge in [-0.25, -0.2) is 9.59 Å². The fourth-order valence-electron chi connectivity index (χ4n) is 5.98. The standard InChI is InChI=1S/C37H32N2O6S2/c1-2-45-37(44)33-27-18-17-24(22-9-4-3-5-10-22)19-30(27)47-35(33)39-31(40)21-46-26-14-8-13-25(20-26)38-34(41)28-15-6-11-23-12-7-16-29(32(23)28)36(42)43/h3-16,20,24H,2,17-19,21H2,1H3,(H,38,41)(H,39,40)(H,42,43). The molecule has 0 saturated carbocycles. The van der Waals surface area contributed by atoms with Crippen molar-refractivity contribution in [1.82, 2.24) is 0 Å². The average molecular weight is 665 g/mol. The van der Waals surface area contributed by atoms with E-state index in [0.717, 1.165) is 34.6 Å². The third-order valence-electron chi connectivity index (χ3n) is 8.11. The molecule has 1 aromatic heterocycles. The van der Waals surface area contributed by atoms with Crippen molar-refractivity contribution in [2.24, 2.45) is 0 Å². The van der Waals surface area contributed by atoms with Crippen molar-refractivity contribution in [3.8, 4) is 0 Å². The summed E-state index contributed by atoms with van der Waals surface area (Å²) in [6.45, 7) is 2.01. The first-order valence-electron chi connectivity index (χ1n) is 15.3. The lowest BCUT2D eigenvalue weighted by molar-refractivity contribution is -0.113. The van der Waals surface area contributed by atoms with Gasteiger partial charge in [0.15, 0.2) is 0 Å². The largest absolute Gasteiger partial charge is 0.478 e. The van der Waals surface area contributed by atoms with Crippen molar-refractivity contribution in [1.29, 1.82) is 0 Å². The van der Waals surface area contributed by atoms with Gasteiger partial charge in [-0.3, -0.25) is 9.59 Å². The number of benzene rings is 4. The van der Waals surface area contributed by atoms with Gasteiger partial charge >= 0.3 is 11.9 Å². The van der Waals surface area contributed by atoms with Gasteiger partial charge in [-0.05, 0) is 78.9 Å². The van der Waals surface area contributed by atoms with Crippen molar-refractivity contribution in [2.45, 2.75) is 37.0 Å². The molecule has 4 aromatic carbocycles. The van der Waals surface area contributed by atoms with Gasteiger partial charge in [-0.2, -0.15) is 0 Å². The Balaban J connectivity index is 1.14. The minimum absolute atomic E-state index is 0.0530. The molecule has 1 atom stereocenters. The summed E-state index contributed by atoms with van der Waals surface area (Å²) in [4.78, 5) is 53.2. The number of ether oxygens (including phenoxy) is 1. The molecule has 47 heavy (non-hydrogen) atoms. The smallest absolute Gasteiger partial charge is 0.341 e. The van der Waals surface area contributed by atoms with E-state index in [2.05, 4.69) is 22.8 Å². The van der Waals surface area contributed by atoms with Crippen molar-refractivity contribution in [2.75, 3.05) is 23.0 Å². The monoisotopic (exact) mass is 664 g/mol. The van der Waals surface area contributed by atoms with E-state index < -0.39 is 17.8 Å². The second kappa shape index (κ2) is 14.2. The van der Waals surface area contributed by atoms with Crippen LogP contribution in [0.25, 0.3) is 10.8 Å². The first-order valence-corrected chi connectivity index (χ1v) is 17.1. The molecule has 10 heteroatoms. The number of thiophene rings is 1. The summed E-state index contributed by atoms with van der Waals surface area (Å²) in [7, 11) is 0. The zero-order chi connectivity index (χ0) is 32.9. The Hall–Kier alpha value is -4.93. The Labute approximate surface area is 280 Å². The Morgan fingerprint density at radius 2 is 1.66 bits per heavy atom. The molecule has 1 aliphatic rings. The number of carbonyl (C=O) groups is 4. The number of hydrogen-bond donors (Lipinski definition) is 3. The normalized spacial score (nSPS) is 13.9. The molecule has 3 N–H and O–H groups in total. The minimum Gasteiger partial charge on any atom is -0.478 e. The maximum atomic E-state index is 13.3. The molecule has 1 unspecified atom stereocenters. The minimum atomic E-state index is -1.11. The van der Waals surface area contributed by atoms with Crippen molar-refractivity contribution < 1.29 is 29.0 Å². The van der Waals surface area contributed by atoms with Crippen LogP contribution in [0.4, 0.5) is 10.7 Å².